The fourth-order valence-electron chi connectivity index (χ4n) is 4.37. The predicted octanol–water partition coefficient (Wildman–Crippen LogP) is 3.64. The molecule has 0 bridgehead atoms. The van der Waals surface area contributed by atoms with Gasteiger partial charge in [0.25, 0.3) is 0 Å². The highest BCUT2D eigenvalue weighted by molar-refractivity contribution is 5.97. The summed E-state index contributed by atoms with van der Waals surface area (Å²) < 4.78 is 33.5. The molecule has 0 amide bonds. The molecule has 4 N–H and O–H groups in total. The Labute approximate surface area is 181 Å². The lowest BCUT2D eigenvalue weighted by Crippen LogP contribution is -2.19. The highest BCUT2D eigenvalue weighted by atomic mass is 19.3. The number of fused-ring (bicyclic) bond motifs is 2. The molecule has 2 aliphatic rings. The van der Waals surface area contributed by atoms with Gasteiger partial charge in [-0.15, -0.1) is 0 Å². The van der Waals surface area contributed by atoms with Crippen molar-refractivity contribution in [2.75, 3.05) is 0 Å². The third-order valence-corrected chi connectivity index (χ3v) is 6.04. The predicted molar refractivity (Wildman–Crippen MR) is 114 cm³/mol. The number of aromatic carboxylic acids is 1. The van der Waals surface area contributed by atoms with Gasteiger partial charge in [0.15, 0.2) is 5.75 Å². The highest BCUT2D eigenvalue weighted by Crippen LogP contribution is 2.43. The first kappa shape index (κ1) is 21.9. The van der Waals surface area contributed by atoms with Crippen LogP contribution in [0.25, 0.3) is 22.0 Å². The normalized spacial score (nSPS) is 17.3. The second-order valence-electron chi connectivity index (χ2n) is 8.05. The number of alkyl halides is 2. The zero-order chi connectivity index (χ0) is 21.9. The van der Waals surface area contributed by atoms with Crippen molar-refractivity contribution in [3.8, 4) is 16.9 Å². The van der Waals surface area contributed by atoms with E-state index in [0.29, 0.717) is 17.7 Å². The number of hydrogen-bond acceptors (Lipinski definition) is 4. The molecular formula is C23H22F2N2O5. The first-order valence-electron chi connectivity index (χ1n) is 10.1. The first-order valence-corrected chi connectivity index (χ1v) is 10.1. The molecule has 0 spiro atoms. The van der Waals surface area contributed by atoms with Crippen LogP contribution in [0, 0.1) is 0 Å². The molecule has 2 heterocycles. The SMILES string of the molecule is C[C@H]1NCc2cc(-c3ccc4c(=O)c(C(=O)O)cn(C5CC5)c4c3OC(F)F)ccc21.O. The summed E-state index contributed by atoms with van der Waals surface area (Å²) in [4.78, 5) is 24.4. The summed E-state index contributed by atoms with van der Waals surface area (Å²) in [6.45, 7) is -0.360. The maximum atomic E-state index is 13.5. The fraction of sp³-hybridized carbons (Fsp3) is 0.304. The number of carbonyl (C=O) groups is 1. The molecule has 9 heteroatoms. The van der Waals surface area contributed by atoms with Crippen LogP contribution in [0.5, 0.6) is 5.75 Å². The summed E-state index contributed by atoms with van der Waals surface area (Å²) in [6.07, 6.45) is 2.80. The van der Waals surface area contributed by atoms with Crippen molar-refractivity contribution in [2.45, 2.75) is 45.0 Å². The van der Waals surface area contributed by atoms with Gasteiger partial charge in [-0.2, -0.15) is 8.78 Å². The molecule has 1 fully saturated rings. The van der Waals surface area contributed by atoms with Gasteiger partial charge < -0.3 is 25.2 Å². The first-order chi connectivity index (χ1) is 14.8. The van der Waals surface area contributed by atoms with E-state index in [-0.39, 0.29) is 39.8 Å². The Morgan fingerprint density at radius 2 is 2.00 bits per heavy atom. The molecule has 3 aromatic rings. The Kier molecular flexibility index (Phi) is 5.47. The molecule has 1 saturated carbocycles. The topological polar surface area (TPSA) is 112 Å². The number of hydrogen-bond donors (Lipinski definition) is 2. The molecule has 0 radical (unpaired) electrons. The second-order valence-corrected chi connectivity index (χ2v) is 8.05. The van der Waals surface area contributed by atoms with E-state index in [0.717, 1.165) is 24.0 Å². The molecule has 1 aliphatic carbocycles. The Hall–Kier alpha value is -3.30. The molecule has 168 valence electrons. The third-order valence-electron chi connectivity index (χ3n) is 6.04. The Bertz CT molecular complexity index is 1280. The molecule has 2 aromatic carbocycles. The van der Waals surface area contributed by atoms with Crippen molar-refractivity contribution in [1.82, 2.24) is 9.88 Å². The minimum Gasteiger partial charge on any atom is -0.477 e. The molecule has 5 rings (SSSR count). The van der Waals surface area contributed by atoms with E-state index in [4.69, 9.17) is 4.74 Å². The van der Waals surface area contributed by atoms with Crippen molar-refractivity contribution in [1.29, 1.82) is 0 Å². The van der Waals surface area contributed by atoms with E-state index in [1.807, 2.05) is 18.2 Å². The highest BCUT2D eigenvalue weighted by Gasteiger charge is 2.30. The van der Waals surface area contributed by atoms with Crippen LogP contribution < -0.4 is 15.5 Å². The molecule has 1 aliphatic heterocycles. The third kappa shape index (κ3) is 3.53. The number of carboxylic acid groups (broad SMARTS) is 1. The summed E-state index contributed by atoms with van der Waals surface area (Å²) in [5.41, 5.74) is 2.49. The number of halogens is 2. The van der Waals surface area contributed by atoms with Gasteiger partial charge >= 0.3 is 12.6 Å². The minimum absolute atomic E-state index is 0. The number of ether oxygens (including phenoxy) is 1. The van der Waals surface area contributed by atoms with Crippen molar-refractivity contribution >= 4 is 16.9 Å². The van der Waals surface area contributed by atoms with Gasteiger partial charge in [0.05, 0.1) is 10.9 Å². The van der Waals surface area contributed by atoms with Gasteiger partial charge in [0.2, 0.25) is 5.43 Å². The summed E-state index contributed by atoms with van der Waals surface area (Å²) in [5.74, 6) is -1.45. The number of benzene rings is 2. The zero-order valence-corrected chi connectivity index (χ0v) is 17.2. The van der Waals surface area contributed by atoms with Crippen molar-refractivity contribution in [3.05, 3.63) is 63.4 Å². The zero-order valence-electron chi connectivity index (χ0n) is 17.2. The number of nitrogens with one attached hydrogen (secondary N) is 1. The van der Waals surface area contributed by atoms with Crippen LogP contribution in [0.1, 0.15) is 53.3 Å². The summed E-state index contributed by atoms with van der Waals surface area (Å²) in [6, 6.07) is 8.98. The summed E-state index contributed by atoms with van der Waals surface area (Å²) >= 11 is 0. The van der Waals surface area contributed by atoms with E-state index in [9.17, 15) is 23.5 Å². The number of rotatable bonds is 5. The lowest BCUT2D eigenvalue weighted by Gasteiger charge is -2.19. The fourth-order valence-corrected chi connectivity index (χ4v) is 4.37. The lowest BCUT2D eigenvalue weighted by atomic mass is 9.96. The standard InChI is InChI=1S/C23H20F2N2O4.H2O/c1-11-15-5-2-12(8-13(15)9-26-11)16-6-7-17-19(21(16)31-23(24)25)27(14-3-4-14)10-18(20(17)28)22(29)30;/h2,5-8,10-11,14,23,26H,3-4,9H2,1H3,(H,29,30);1H2/t11-;/m1./s1. The Morgan fingerprint density at radius 3 is 2.66 bits per heavy atom. The summed E-state index contributed by atoms with van der Waals surface area (Å²) in [7, 11) is 0. The lowest BCUT2D eigenvalue weighted by molar-refractivity contribution is -0.0486. The molecule has 0 unspecified atom stereocenters. The van der Waals surface area contributed by atoms with Crippen molar-refractivity contribution < 1.29 is 28.9 Å². The molecule has 32 heavy (non-hydrogen) atoms. The number of aromatic nitrogens is 1. The molecule has 7 nitrogen and oxygen atoms in total. The van der Waals surface area contributed by atoms with Gasteiger partial charge in [-0.1, -0.05) is 12.1 Å². The van der Waals surface area contributed by atoms with Crippen LogP contribution in [0.3, 0.4) is 0 Å². The van der Waals surface area contributed by atoms with Crippen LogP contribution >= 0.6 is 0 Å². The monoisotopic (exact) mass is 444 g/mol. The van der Waals surface area contributed by atoms with Crippen molar-refractivity contribution in [3.63, 3.8) is 0 Å². The molecular weight excluding hydrogens is 422 g/mol. The van der Waals surface area contributed by atoms with Gasteiger partial charge in [0, 0.05) is 30.4 Å². The average molecular weight is 444 g/mol. The van der Waals surface area contributed by atoms with E-state index < -0.39 is 18.0 Å². The molecule has 1 aromatic heterocycles. The van der Waals surface area contributed by atoms with Crippen LogP contribution in [0.2, 0.25) is 0 Å². The van der Waals surface area contributed by atoms with Gasteiger partial charge in [-0.05, 0) is 54.7 Å². The molecule has 0 saturated heterocycles. The van der Waals surface area contributed by atoms with E-state index in [2.05, 4.69) is 12.2 Å². The van der Waals surface area contributed by atoms with Gasteiger partial charge in [0.1, 0.15) is 5.56 Å². The van der Waals surface area contributed by atoms with E-state index >= 15 is 0 Å². The smallest absolute Gasteiger partial charge is 0.387 e. The Morgan fingerprint density at radius 1 is 1.25 bits per heavy atom. The van der Waals surface area contributed by atoms with Gasteiger partial charge in [-0.25, -0.2) is 4.79 Å². The van der Waals surface area contributed by atoms with Crippen LogP contribution in [-0.2, 0) is 6.54 Å². The van der Waals surface area contributed by atoms with E-state index in [1.165, 1.54) is 12.3 Å². The number of pyridine rings is 1. The minimum atomic E-state index is -3.10. The largest absolute Gasteiger partial charge is 0.477 e. The van der Waals surface area contributed by atoms with Crippen molar-refractivity contribution in [2.24, 2.45) is 0 Å². The second kappa shape index (κ2) is 7.99. The Balaban J connectivity index is 0.00000245. The van der Waals surface area contributed by atoms with Crippen LogP contribution in [0.15, 0.2) is 41.3 Å². The summed E-state index contributed by atoms with van der Waals surface area (Å²) in [5, 5.41) is 12.8. The number of nitrogens with zero attached hydrogens (tertiary/aromatic N) is 1. The number of carboxylic acids is 1. The quantitative estimate of drug-likeness (QED) is 0.624. The molecule has 1 atom stereocenters. The van der Waals surface area contributed by atoms with E-state index in [1.54, 1.807) is 10.6 Å². The maximum absolute atomic E-state index is 13.5. The average Bonchev–Trinajstić information content (AvgIpc) is 3.51. The van der Waals surface area contributed by atoms with Crippen LogP contribution in [0.4, 0.5) is 8.78 Å². The van der Waals surface area contributed by atoms with Crippen LogP contribution in [-0.4, -0.2) is 27.7 Å². The maximum Gasteiger partial charge on any atom is 0.387 e. The van der Waals surface area contributed by atoms with Gasteiger partial charge in [-0.3, -0.25) is 4.79 Å².